The number of carbonyl (C=O) groups excluding carboxylic acids is 1. The molecular weight excluding hydrogens is 237 g/mol. The second kappa shape index (κ2) is 6.35. The molecule has 1 rings (SSSR count). The molecule has 0 aliphatic heterocycles. The Morgan fingerprint density at radius 3 is 2.67 bits per heavy atom. The third-order valence-electron chi connectivity index (χ3n) is 2.51. The molecule has 1 atom stereocenters. The maximum absolute atomic E-state index is 13.5. The van der Waals surface area contributed by atoms with E-state index in [-0.39, 0.29) is 24.5 Å². The lowest BCUT2D eigenvalue weighted by Gasteiger charge is -2.12. The molecule has 0 saturated heterocycles. The molecule has 1 aromatic rings. The molecule has 0 unspecified atom stereocenters. The quantitative estimate of drug-likeness (QED) is 0.871. The molecule has 100 valence electrons. The molecule has 0 aliphatic rings. The van der Waals surface area contributed by atoms with Crippen LogP contribution in [0.1, 0.15) is 25.0 Å². The van der Waals surface area contributed by atoms with E-state index in [1.165, 1.54) is 24.0 Å². The average Bonchev–Trinajstić information content (AvgIpc) is 2.28. The first-order valence-electron chi connectivity index (χ1n) is 5.72. The van der Waals surface area contributed by atoms with Crippen molar-refractivity contribution in [2.45, 2.75) is 19.4 Å². The zero-order valence-corrected chi connectivity index (χ0v) is 10.8. The number of ether oxygens (including phenoxy) is 1. The third-order valence-corrected chi connectivity index (χ3v) is 2.51. The van der Waals surface area contributed by atoms with Crippen molar-refractivity contribution in [1.82, 2.24) is 4.90 Å². The lowest BCUT2D eigenvalue weighted by molar-refractivity contribution is -0.129. The maximum atomic E-state index is 13.5. The van der Waals surface area contributed by atoms with Gasteiger partial charge < -0.3 is 14.7 Å². The number of rotatable bonds is 5. The number of hydrogen-bond donors (Lipinski definition) is 1. The second-order valence-electron chi connectivity index (χ2n) is 4.25. The normalized spacial score (nSPS) is 12.1. The van der Waals surface area contributed by atoms with Gasteiger partial charge in [-0.1, -0.05) is 0 Å². The van der Waals surface area contributed by atoms with Gasteiger partial charge in [0.15, 0.2) is 0 Å². The molecule has 1 N–H and O–H groups in total. The molecule has 0 bridgehead atoms. The summed E-state index contributed by atoms with van der Waals surface area (Å²) in [5.41, 5.74) is 0.228. The van der Waals surface area contributed by atoms with Crippen molar-refractivity contribution in [3.63, 3.8) is 0 Å². The van der Waals surface area contributed by atoms with Gasteiger partial charge in [0.05, 0.1) is 19.1 Å². The Labute approximate surface area is 106 Å². The number of aliphatic hydroxyl groups is 1. The highest BCUT2D eigenvalue weighted by molar-refractivity contribution is 5.75. The van der Waals surface area contributed by atoms with Crippen LogP contribution in [0.5, 0.6) is 5.75 Å². The third kappa shape index (κ3) is 4.00. The molecule has 1 aromatic carbocycles. The van der Waals surface area contributed by atoms with Crippen LogP contribution >= 0.6 is 0 Å². The summed E-state index contributed by atoms with van der Waals surface area (Å²) in [5.74, 6) is -0.207. The lowest BCUT2D eigenvalue weighted by atomic mass is 10.1. The first-order valence-corrected chi connectivity index (χ1v) is 5.72. The van der Waals surface area contributed by atoms with Crippen LogP contribution in [0.4, 0.5) is 4.39 Å². The lowest BCUT2D eigenvalue weighted by Crippen LogP contribution is -2.23. The number of carbonyl (C=O) groups is 1. The van der Waals surface area contributed by atoms with Gasteiger partial charge in [0.1, 0.15) is 11.6 Å². The molecular formula is C13H18FNO3. The minimum absolute atomic E-state index is 0.0453. The van der Waals surface area contributed by atoms with E-state index in [0.29, 0.717) is 5.75 Å². The van der Waals surface area contributed by atoms with Crippen molar-refractivity contribution in [2.75, 3.05) is 20.7 Å². The molecule has 1 amide bonds. The van der Waals surface area contributed by atoms with Crippen LogP contribution in [-0.2, 0) is 4.79 Å². The van der Waals surface area contributed by atoms with Crippen molar-refractivity contribution in [3.8, 4) is 5.75 Å². The van der Waals surface area contributed by atoms with Crippen molar-refractivity contribution in [3.05, 3.63) is 29.6 Å². The van der Waals surface area contributed by atoms with Crippen LogP contribution < -0.4 is 4.74 Å². The standard InChI is InChI=1S/C13H18FNO3/c1-9(16)11-5-4-10(8-12(11)14)18-7-6-13(17)15(2)3/h4-5,8-9,16H,6-7H2,1-3H3/t9-/m1/s1. The number of benzene rings is 1. The Morgan fingerprint density at radius 2 is 2.17 bits per heavy atom. The predicted molar refractivity (Wildman–Crippen MR) is 65.8 cm³/mol. The van der Waals surface area contributed by atoms with E-state index in [1.807, 2.05) is 0 Å². The summed E-state index contributed by atoms with van der Waals surface area (Å²) >= 11 is 0. The van der Waals surface area contributed by atoms with Crippen LogP contribution in [0.2, 0.25) is 0 Å². The Bertz CT molecular complexity index is 419. The zero-order chi connectivity index (χ0) is 13.7. The van der Waals surface area contributed by atoms with E-state index >= 15 is 0 Å². The molecule has 0 heterocycles. The van der Waals surface area contributed by atoms with E-state index in [4.69, 9.17) is 4.74 Å². The number of nitrogens with zero attached hydrogens (tertiary/aromatic N) is 1. The minimum Gasteiger partial charge on any atom is -0.493 e. The summed E-state index contributed by atoms with van der Waals surface area (Å²) < 4.78 is 18.8. The second-order valence-corrected chi connectivity index (χ2v) is 4.25. The van der Waals surface area contributed by atoms with Gasteiger partial charge in [-0.2, -0.15) is 0 Å². The molecule has 4 nitrogen and oxygen atoms in total. The Balaban J connectivity index is 2.54. The van der Waals surface area contributed by atoms with Crippen molar-refractivity contribution >= 4 is 5.91 Å². The highest BCUT2D eigenvalue weighted by Crippen LogP contribution is 2.21. The zero-order valence-electron chi connectivity index (χ0n) is 10.8. The Hall–Kier alpha value is -1.62. The van der Waals surface area contributed by atoms with Gasteiger partial charge >= 0.3 is 0 Å². The maximum Gasteiger partial charge on any atom is 0.225 e. The van der Waals surface area contributed by atoms with Crippen LogP contribution in [0.3, 0.4) is 0 Å². The summed E-state index contributed by atoms with van der Waals surface area (Å²) in [7, 11) is 3.33. The van der Waals surface area contributed by atoms with Gasteiger partial charge in [0, 0.05) is 25.7 Å². The van der Waals surface area contributed by atoms with Crippen molar-refractivity contribution in [1.29, 1.82) is 0 Å². The van der Waals surface area contributed by atoms with E-state index in [1.54, 1.807) is 20.2 Å². The number of aliphatic hydroxyl groups excluding tert-OH is 1. The molecule has 0 spiro atoms. The molecule has 0 aromatic heterocycles. The minimum atomic E-state index is -0.852. The smallest absolute Gasteiger partial charge is 0.225 e. The van der Waals surface area contributed by atoms with E-state index in [9.17, 15) is 14.3 Å². The monoisotopic (exact) mass is 255 g/mol. The van der Waals surface area contributed by atoms with Crippen molar-refractivity contribution in [2.24, 2.45) is 0 Å². The highest BCUT2D eigenvalue weighted by atomic mass is 19.1. The van der Waals surface area contributed by atoms with Crippen LogP contribution in [0.15, 0.2) is 18.2 Å². The summed E-state index contributed by atoms with van der Waals surface area (Å²) in [5, 5.41) is 9.27. The summed E-state index contributed by atoms with van der Waals surface area (Å²) in [6.45, 7) is 1.69. The van der Waals surface area contributed by atoms with Crippen LogP contribution in [0.25, 0.3) is 0 Å². The molecule has 18 heavy (non-hydrogen) atoms. The number of amides is 1. The fourth-order valence-electron chi connectivity index (χ4n) is 1.42. The highest BCUT2D eigenvalue weighted by Gasteiger charge is 2.09. The Morgan fingerprint density at radius 1 is 1.50 bits per heavy atom. The van der Waals surface area contributed by atoms with Gasteiger partial charge in [-0.3, -0.25) is 4.79 Å². The Kier molecular flexibility index (Phi) is 5.09. The van der Waals surface area contributed by atoms with Gasteiger partial charge in [-0.15, -0.1) is 0 Å². The van der Waals surface area contributed by atoms with E-state index < -0.39 is 11.9 Å². The van der Waals surface area contributed by atoms with E-state index in [0.717, 1.165) is 0 Å². The molecule has 5 heteroatoms. The molecule has 0 saturated carbocycles. The first kappa shape index (κ1) is 14.4. The largest absolute Gasteiger partial charge is 0.493 e. The summed E-state index contributed by atoms with van der Waals surface area (Å²) in [4.78, 5) is 12.8. The van der Waals surface area contributed by atoms with Gasteiger partial charge in [-0.25, -0.2) is 4.39 Å². The first-order chi connectivity index (χ1) is 8.41. The molecule has 0 radical (unpaired) electrons. The summed E-state index contributed by atoms with van der Waals surface area (Å²) in [6.07, 6.45) is -0.610. The fraction of sp³-hybridized carbons (Fsp3) is 0.462. The number of hydrogen-bond acceptors (Lipinski definition) is 3. The SMILES string of the molecule is C[C@@H](O)c1ccc(OCCC(=O)N(C)C)cc1F. The van der Waals surface area contributed by atoms with Crippen LogP contribution in [0, 0.1) is 5.82 Å². The average molecular weight is 255 g/mol. The molecule has 0 fully saturated rings. The van der Waals surface area contributed by atoms with Gasteiger partial charge in [-0.05, 0) is 19.1 Å². The van der Waals surface area contributed by atoms with Gasteiger partial charge in [0.2, 0.25) is 5.91 Å². The topological polar surface area (TPSA) is 49.8 Å². The van der Waals surface area contributed by atoms with Gasteiger partial charge in [0.25, 0.3) is 0 Å². The fourth-order valence-corrected chi connectivity index (χ4v) is 1.42. The van der Waals surface area contributed by atoms with Crippen molar-refractivity contribution < 1.29 is 19.0 Å². The summed E-state index contributed by atoms with van der Waals surface area (Å²) in [6, 6.07) is 4.26. The van der Waals surface area contributed by atoms with Crippen LogP contribution in [-0.4, -0.2) is 36.6 Å². The predicted octanol–water partition coefficient (Wildman–Crippen LogP) is 1.74. The van der Waals surface area contributed by atoms with E-state index in [2.05, 4.69) is 0 Å². The number of halogens is 1. The molecule has 0 aliphatic carbocycles.